The minimum atomic E-state index is -3.84. The second-order valence-corrected chi connectivity index (χ2v) is 8.12. The van der Waals surface area contributed by atoms with Crippen LogP contribution in [0.1, 0.15) is 41.8 Å². The third-order valence-corrected chi connectivity index (χ3v) is 5.72. The number of ketones is 1. The lowest BCUT2D eigenvalue weighted by Gasteiger charge is -2.18. The molecular formula is C18H22N2O5S. The predicted molar refractivity (Wildman–Crippen MR) is 96.3 cm³/mol. The second-order valence-electron chi connectivity index (χ2n) is 6.08. The number of carbonyl (C=O) groups is 2. The summed E-state index contributed by atoms with van der Waals surface area (Å²) >= 11 is 0. The van der Waals surface area contributed by atoms with Gasteiger partial charge in [0.15, 0.2) is 5.78 Å². The molecule has 140 valence electrons. The normalized spacial score (nSPS) is 12.8. The number of amides is 1. The molecule has 1 unspecified atom stereocenters. The van der Waals surface area contributed by atoms with Crippen LogP contribution in [0.3, 0.4) is 0 Å². The number of furan rings is 1. The van der Waals surface area contributed by atoms with Gasteiger partial charge in [0.1, 0.15) is 11.5 Å². The highest BCUT2D eigenvalue weighted by Crippen LogP contribution is 2.17. The molecule has 2 aromatic rings. The third-order valence-electron chi connectivity index (χ3n) is 3.90. The average molecular weight is 378 g/mol. The first kappa shape index (κ1) is 19.9. The molecule has 0 radical (unpaired) electrons. The first-order valence-corrected chi connectivity index (χ1v) is 9.48. The molecule has 7 nitrogen and oxygen atoms in total. The van der Waals surface area contributed by atoms with E-state index in [0.717, 1.165) is 10.1 Å². The summed E-state index contributed by atoms with van der Waals surface area (Å²) in [5.74, 6) is 0.734. The van der Waals surface area contributed by atoms with E-state index in [9.17, 15) is 18.0 Å². The molecule has 0 saturated heterocycles. The van der Waals surface area contributed by atoms with Gasteiger partial charge in [-0.1, -0.05) is 12.1 Å². The van der Waals surface area contributed by atoms with Crippen molar-refractivity contribution in [3.63, 3.8) is 0 Å². The quantitative estimate of drug-likeness (QED) is 0.746. The van der Waals surface area contributed by atoms with Crippen molar-refractivity contribution in [1.29, 1.82) is 0 Å². The summed E-state index contributed by atoms with van der Waals surface area (Å²) < 4.78 is 31.5. The van der Waals surface area contributed by atoms with E-state index < -0.39 is 15.9 Å². The average Bonchev–Trinajstić information content (AvgIpc) is 3.01. The largest absolute Gasteiger partial charge is 0.464 e. The Morgan fingerprint density at radius 1 is 1.15 bits per heavy atom. The molecule has 0 spiro atoms. The van der Waals surface area contributed by atoms with Crippen LogP contribution in [0.2, 0.25) is 0 Å². The number of sulfonamides is 1. The number of likely N-dealkylation sites (N-methyl/N-ethyl adjacent to an activating group) is 1. The minimum Gasteiger partial charge on any atom is -0.464 e. The SMILES string of the molecule is CC(=O)c1ccc(S(=O)(=O)N(C)CC(=O)NC(C)c2ccc(C)o2)cc1. The second kappa shape index (κ2) is 7.84. The van der Waals surface area contributed by atoms with Crippen molar-refractivity contribution in [3.8, 4) is 0 Å². The van der Waals surface area contributed by atoms with Crippen LogP contribution in [0.25, 0.3) is 0 Å². The van der Waals surface area contributed by atoms with Crippen LogP contribution in [0.5, 0.6) is 0 Å². The Balaban J connectivity index is 2.03. The van der Waals surface area contributed by atoms with Crippen molar-refractivity contribution in [2.75, 3.05) is 13.6 Å². The molecule has 8 heteroatoms. The van der Waals surface area contributed by atoms with Gasteiger partial charge in [0.25, 0.3) is 0 Å². The molecular weight excluding hydrogens is 356 g/mol. The lowest BCUT2D eigenvalue weighted by molar-refractivity contribution is -0.121. The number of aryl methyl sites for hydroxylation is 1. The number of carbonyl (C=O) groups excluding carboxylic acids is 2. The lowest BCUT2D eigenvalue weighted by atomic mass is 10.2. The number of Topliss-reactive ketones (excluding diaryl/α,β-unsaturated/α-hetero) is 1. The van der Waals surface area contributed by atoms with Crippen LogP contribution in [0, 0.1) is 6.92 Å². The molecule has 0 aliphatic carbocycles. The fourth-order valence-corrected chi connectivity index (χ4v) is 3.50. The van der Waals surface area contributed by atoms with Crippen LogP contribution in [-0.4, -0.2) is 38.0 Å². The maximum absolute atomic E-state index is 12.6. The molecule has 1 N–H and O–H groups in total. The molecule has 1 atom stereocenters. The highest BCUT2D eigenvalue weighted by molar-refractivity contribution is 7.89. The van der Waals surface area contributed by atoms with E-state index in [4.69, 9.17) is 4.42 Å². The van der Waals surface area contributed by atoms with Gasteiger partial charge < -0.3 is 9.73 Å². The maximum Gasteiger partial charge on any atom is 0.243 e. The first-order chi connectivity index (χ1) is 12.1. The molecule has 2 rings (SSSR count). The summed E-state index contributed by atoms with van der Waals surface area (Å²) in [6, 6.07) is 8.79. The third kappa shape index (κ3) is 4.59. The van der Waals surface area contributed by atoms with Gasteiger partial charge in [0.05, 0.1) is 17.5 Å². The topological polar surface area (TPSA) is 96.7 Å². The van der Waals surface area contributed by atoms with Crippen molar-refractivity contribution in [1.82, 2.24) is 9.62 Å². The molecule has 0 aliphatic rings. The summed E-state index contributed by atoms with van der Waals surface area (Å²) in [6.45, 7) is 4.63. The standard InChI is InChI=1S/C18H22N2O5S/c1-12-5-10-17(25-12)13(2)19-18(22)11-20(4)26(23,24)16-8-6-15(7-9-16)14(3)21/h5-10,13H,11H2,1-4H3,(H,19,22). The smallest absolute Gasteiger partial charge is 0.243 e. The molecule has 26 heavy (non-hydrogen) atoms. The molecule has 1 aromatic heterocycles. The fraction of sp³-hybridized carbons (Fsp3) is 0.333. The Kier molecular flexibility index (Phi) is 5.99. The highest BCUT2D eigenvalue weighted by Gasteiger charge is 2.24. The molecule has 0 bridgehead atoms. The maximum atomic E-state index is 12.6. The summed E-state index contributed by atoms with van der Waals surface area (Å²) in [6.07, 6.45) is 0. The van der Waals surface area contributed by atoms with Crippen LogP contribution >= 0.6 is 0 Å². The van der Waals surface area contributed by atoms with Gasteiger partial charge >= 0.3 is 0 Å². The monoisotopic (exact) mass is 378 g/mol. The van der Waals surface area contributed by atoms with Crippen molar-refractivity contribution in [3.05, 3.63) is 53.5 Å². The number of benzene rings is 1. The van der Waals surface area contributed by atoms with Crippen LogP contribution in [0.4, 0.5) is 0 Å². The van der Waals surface area contributed by atoms with Gasteiger partial charge in [-0.2, -0.15) is 4.31 Å². The van der Waals surface area contributed by atoms with Gasteiger partial charge in [0.2, 0.25) is 15.9 Å². The summed E-state index contributed by atoms with van der Waals surface area (Å²) in [4.78, 5) is 23.5. The Morgan fingerprint density at radius 3 is 2.27 bits per heavy atom. The zero-order chi connectivity index (χ0) is 19.5. The summed E-state index contributed by atoms with van der Waals surface area (Å²) in [7, 11) is -2.51. The van der Waals surface area contributed by atoms with Gasteiger partial charge in [-0.25, -0.2) is 8.42 Å². The Labute approximate surface area is 153 Å². The number of hydrogen-bond acceptors (Lipinski definition) is 5. The van der Waals surface area contributed by atoms with Crippen LogP contribution in [0.15, 0.2) is 45.7 Å². The Hall–Kier alpha value is -2.45. The Morgan fingerprint density at radius 2 is 1.77 bits per heavy atom. The van der Waals surface area contributed by atoms with Gasteiger partial charge in [-0.05, 0) is 45.0 Å². The molecule has 0 fully saturated rings. The lowest BCUT2D eigenvalue weighted by Crippen LogP contribution is -2.39. The number of nitrogens with one attached hydrogen (secondary N) is 1. The first-order valence-electron chi connectivity index (χ1n) is 8.04. The number of hydrogen-bond donors (Lipinski definition) is 1. The summed E-state index contributed by atoms with van der Waals surface area (Å²) in [5.41, 5.74) is 0.423. The minimum absolute atomic E-state index is 0.0208. The zero-order valence-electron chi connectivity index (χ0n) is 15.1. The molecule has 0 saturated carbocycles. The van der Waals surface area contributed by atoms with E-state index in [0.29, 0.717) is 11.3 Å². The van der Waals surface area contributed by atoms with E-state index in [1.807, 2.05) is 0 Å². The van der Waals surface area contributed by atoms with E-state index >= 15 is 0 Å². The fourth-order valence-electron chi connectivity index (χ4n) is 2.37. The van der Waals surface area contributed by atoms with Crippen molar-refractivity contribution < 1.29 is 22.4 Å². The van der Waals surface area contributed by atoms with Crippen LogP contribution < -0.4 is 5.32 Å². The molecule has 0 aliphatic heterocycles. The van der Waals surface area contributed by atoms with Gasteiger partial charge in [0, 0.05) is 12.6 Å². The number of rotatable bonds is 7. The number of nitrogens with zero attached hydrogens (tertiary/aromatic N) is 1. The summed E-state index contributed by atoms with van der Waals surface area (Å²) in [5, 5.41) is 2.70. The zero-order valence-corrected chi connectivity index (χ0v) is 16.0. The predicted octanol–water partition coefficient (Wildman–Crippen LogP) is 2.29. The molecule has 1 heterocycles. The molecule has 1 aromatic carbocycles. The van der Waals surface area contributed by atoms with Crippen LogP contribution in [-0.2, 0) is 14.8 Å². The highest BCUT2D eigenvalue weighted by atomic mass is 32.2. The van der Waals surface area contributed by atoms with Gasteiger partial charge in [-0.15, -0.1) is 0 Å². The Bertz CT molecular complexity index is 900. The van der Waals surface area contributed by atoms with Crippen molar-refractivity contribution >= 4 is 21.7 Å². The van der Waals surface area contributed by atoms with E-state index in [1.165, 1.54) is 38.2 Å². The van der Waals surface area contributed by atoms with E-state index in [1.54, 1.807) is 26.0 Å². The van der Waals surface area contributed by atoms with E-state index in [2.05, 4.69) is 5.32 Å². The van der Waals surface area contributed by atoms with Crippen molar-refractivity contribution in [2.45, 2.75) is 31.7 Å². The van der Waals surface area contributed by atoms with Gasteiger partial charge in [-0.3, -0.25) is 9.59 Å². The van der Waals surface area contributed by atoms with Crippen molar-refractivity contribution in [2.24, 2.45) is 0 Å². The van der Waals surface area contributed by atoms with E-state index in [-0.39, 0.29) is 23.3 Å². The molecule has 1 amide bonds.